The highest BCUT2D eigenvalue weighted by Crippen LogP contribution is 2.38. The predicted molar refractivity (Wildman–Crippen MR) is 142 cm³/mol. The van der Waals surface area contributed by atoms with E-state index in [-0.39, 0.29) is 18.9 Å². The van der Waals surface area contributed by atoms with Gasteiger partial charge >= 0.3 is 0 Å². The van der Waals surface area contributed by atoms with E-state index in [1.54, 1.807) is 42.3 Å². The average molecular weight is 524 g/mol. The number of hydrogen-bond donors (Lipinski definition) is 4. The highest BCUT2D eigenvalue weighted by molar-refractivity contribution is 6.06. The Morgan fingerprint density at radius 3 is 2.53 bits per heavy atom. The lowest BCUT2D eigenvalue weighted by Crippen LogP contribution is -2.46. The Morgan fingerprint density at radius 1 is 1.18 bits per heavy atom. The van der Waals surface area contributed by atoms with E-state index in [1.807, 2.05) is 0 Å². The molecular weight excluding hydrogens is 490 g/mol. The van der Waals surface area contributed by atoms with Crippen molar-refractivity contribution in [1.82, 2.24) is 15.5 Å². The molecule has 2 aromatic rings. The summed E-state index contributed by atoms with van der Waals surface area (Å²) >= 11 is 0. The van der Waals surface area contributed by atoms with Crippen LogP contribution in [0.1, 0.15) is 52.0 Å². The van der Waals surface area contributed by atoms with Gasteiger partial charge < -0.3 is 31.2 Å². The number of anilines is 2. The fourth-order valence-corrected chi connectivity index (χ4v) is 4.23. The van der Waals surface area contributed by atoms with Crippen LogP contribution in [0.3, 0.4) is 0 Å². The first-order chi connectivity index (χ1) is 18.2. The highest BCUT2D eigenvalue weighted by atomic mass is 16.5. The standard InChI is InChI=1S/C27H33N5O6/c1-29-25(36)22(8-5-13-33)32(2)15-19-18(16-34)6-4-7-21(19)30-26(37)27(11-12-27)31-24(35)17-9-10-20(28)23(14-17)38-3/h4,6-7,9-10,13-14,16,22H,5,8,11-12,15,28H2,1-3H3,(H,29,36)(H,30,37)(H,31,35). The van der Waals surface area contributed by atoms with E-state index in [4.69, 9.17) is 10.5 Å². The van der Waals surface area contributed by atoms with Crippen molar-refractivity contribution in [1.29, 1.82) is 0 Å². The zero-order chi connectivity index (χ0) is 27.9. The van der Waals surface area contributed by atoms with Gasteiger partial charge in [0.25, 0.3) is 5.91 Å². The van der Waals surface area contributed by atoms with Crippen molar-refractivity contribution < 1.29 is 28.7 Å². The van der Waals surface area contributed by atoms with E-state index in [2.05, 4.69) is 16.0 Å². The maximum atomic E-state index is 13.3. The van der Waals surface area contributed by atoms with E-state index in [9.17, 15) is 24.0 Å². The van der Waals surface area contributed by atoms with E-state index >= 15 is 0 Å². The van der Waals surface area contributed by atoms with Gasteiger partial charge in [0.15, 0.2) is 0 Å². The molecule has 0 aliphatic heterocycles. The predicted octanol–water partition coefficient (Wildman–Crippen LogP) is 1.52. The molecule has 1 atom stereocenters. The fraction of sp³-hybridized carbons (Fsp3) is 0.370. The maximum Gasteiger partial charge on any atom is 0.252 e. The summed E-state index contributed by atoms with van der Waals surface area (Å²) in [7, 11) is 4.67. The summed E-state index contributed by atoms with van der Waals surface area (Å²) in [6.07, 6.45) is 2.83. The van der Waals surface area contributed by atoms with Gasteiger partial charge in [-0.25, -0.2) is 0 Å². The molecule has 3 amide bonds. The number of rotatable bonds is 13. The van der Waals surface area contributed by atoms with Gasteiger partial charge in [0.05, 0.1) is 18.8 Å². The third-order valence-corrected chi connectivity index (χ3v) is 6.67. The van der Waals surface area contributed by atoms with Crippen molar-refractivity contribution >= 4 is 41.7 Å². The number of aldehydes is 2. The molecule has 11 nitrogen and oxygen atoms in total. The smallest absolute Gasteiger partial charge is 0.252 e. The molecule has 38 heavy (non-hydrogen) atoms. The van der Waals surface area contributed by atoms with Crippen LogP contribution in [0.15, 0.2) is 36.4 Å². The minimum atomic E-state index is -1.10. The van der Waals surface area contributed by atoms with E-state index < -0.39 is 23.4 Å². The minimum Gasteiger partial charge on any atom is -0.495 e. The molecule has 11 heteroatoms. The molecular formula is C27H33N5O6. The van der Waals surface area contributed by atoms with E-state index in [0.29, 0.717) is 59.4 Å². The number of amides is 3. The second-order valence-corrected chi connectivity index (χ2v) is 9.23. The second-order valence-electron chi connectivity index (χ2n) is 9.23. The maximum absolute atomic E-state index is 13.3. The summed E-state index contributed by atoms with van der Waals surface area (Å²) in [5.74, 6) is -0.762. The molecule has 5 N–H and O–H groups in total. The Morgan fingerprint density at radius 2 is 1.92 bits per heavy atom. The van der Waals surface area contributed by atoms with E-state index in [0.717, 1.165) is 6.29 Å². The number of nitrogen functional groups attached to an aromatic ring is 1. The lowest BCUT2D eigenvalue weighted by atomic mass is 10.0. The summed E-state index contributed by atoms with van der Waals surface area (Å²) < 4.78 is 5.18. The molecule has 0 heterocycles. The number of likely N-dealkylation sites (N-methyl/N-ethyl adjacent to an activating group) is 2. The number of methoxy groups -OCH3 is 1. The van der Waals surface area contributed by atoms with Gasteiger partial charge in [-0.15, -0.1) is 0 Å². The summed E-state index contributed by atoms with van der Waals surface area (Å²) in [5, 5.41) is 8.28. The van der Waals surface area contributed by atoms with Gasteiger partial charge in [-0.1, -0.05) is 12.1 Å². The molecule has 1 unspecified atom stereocenters. The zero-order valence-electron chi connectivity index (χ0n) is 21.7. The SMILES string of the molecule is CNC(=O)C(CCC=O)N(C)Cc1c(C=O)cccc1NC(=O)C1(NC(=O)c2ccc(N)c(OC)c2)CC1. The number of carbonyl (C=O) groups excluding carboxylic acids is 5. The van der Waals surface area contributed by atoms with Crippen LogP contribution in [0.2, 0.25) is 0 Å². The summed E-state index contributed by atoms with van der Waals surface area (Å²) in [6.45, 7) is 0.159. The molecule has 0 bridgehead atoms. The Hall–Kier alpha value is -4.25. The molecule has 0 aromatic heterocycles. The van der Waals surface area contributed by atoms with Crippen LogP contribution in [0.4, 0.5) is 11.4 Å². The monoisotopic (exact) mass is 523 g/mol. The lowest BCUT2D eigenvalue weighted by Gasteiger charge is -2.28. The van der Waals surface area contributed by atoms with Crippen molar-refractivity contribution in [2.45, 2.75) is 43.8 Å². The molecule has 1 aliphatic rings. The van der Waals surface area contributed by atoms with Gasteiger partial charge in [0.1, 0.15) is 23.9 Å². The Kier molecular flexibility index (Phi) is 9.19. The van der Waals surface area contributed by atoms with Crippen molar-refractivity contribution in [3.8, 4) is 5.75 Å². The third-order valence-electron chi connectivity index (χ3n) is 6.67. The Labute approximate surface area is 221 Å². The topological polar surface area (TPSA) is 160 Å². The first-order valence-corrected chi connectivity index (χ1v) is 12.2. The van der Waals surface area contributed by atoms with Gasteiger partial charge in [-0.3, -0.25) is 24.1 Å². The molecule has 0 saturated heterocycles. The number of benzene rings is 2. The molecule has 0 spiro atoms. The van der Waals surface area contributed by atoms with Crippen LogP contribution < -0.4 is 26.4 Å². The number of hydrogen-bond acceptors (Lipinski definition) is 8. The van der Waals surface area contributed by atoms with E-state index in [1.165, 1.54) is 20.2 Å². The number of carbonyl (C=O) groups is 5. The van der Waals surface area contributed by atoms with Gasteiger partial charge in [-0.2, -0.15) is 0 Å². The van der Waals surface area contributed by atoms with Gasteiger partial charge in [0.2, 0.25) is 11.8 Å². The summed E-state index contributed by atoms with van der Waals surface area (Å²) in [5.41, 5.74) is 6.68. The molecule has 1 saturated carbocycles. The Bertz CT molecular complexity index is 1230. The highest BCUT2D eigenvalue weighted by Gasteiger charge is 2.51. The number of nitrogens with zero attached hydrogens (tertiary/aromatic N) is 1. The van der Waals surface area contributed by atoms with Crippen LogP contribution >= 0.6 is 0 Å². The van der Waals surface area contributed by atoms with Crippen molar-refractivity contribution in [2.75, 3.05) is 32.3 Å². The van der Waals surface area contributed by atoms with Gasteiger partial charge in [0, 0.05) is 42.4 Å². The molecule has 2 aromatic carbocycles. The third kappa shape index (κ3) is 6.35. The minimum absolute atomic E-state index is 0.159. The van der Waals surface area contributed by atoms with Crippen LogP contribution in [0.5, 0.6) is 5.75 Å². The van der Waals surface area contributed by atoms with Crippen molar-refractivity contribution in [2.24, 2.45) is 0 Å². The van der Waals surface area contributed by atoms with Crippen LogP contribution in [0.25, 0.3) is 0 Å². The molecule has 202 valence electrons. The van der Waals surface area contributed by atoms with Gasteiger partial charge in [-0.05, 0) is 50.6 Å². The zero-order valence-corrected chi connectivity index (χ0v) is 21.7. The first kappa shape index (κ1) is 28.3. The number of ether oxygens (including phenoxy) is 1. The van der Waals surface area contributed by atoms with Crippen LogP contribution in [-0.2, 0) is 20.9 Å². The average Bonchev–Trinajstić information content (AvgIpc) is 3.70. The molecule has 1 aliphatic carbocycles. The lowest BCUT2D eigenvalue weighted by molar-refractivity contribution is -0.126. The largest absolute Gasteiger partial charge is 0.495 e. The van der Waals surface area contributed by atoms with Crippen molar-refractivity contribution in [3.05, 3.63) is 53.1 Å². The Balaban J connectivity index is 1.80. The molecule has 1 fully saturated rings. The normalized spacial score (nSPS) is 14.2. The molecule has 0 radical (unpaired) electrons. The second kappa shape index (κ2) is 12.3. The molecule has 3 rings (SSSR count). The number of nitrogens with two attached hydrogens (primary N) is 1. The van der Waals surface area contributed by atoms with Crippen molar-refractivity contribution in [3.63, 3.8) is 0 Å². The first-order valence-electron chi connectivity index (χ1n) is 12.2. The van der Waals surface area contributed by atoms with Crippen LogP contribution in [-0.4, -0.2) is 68.0 Å². The quantitative estimate of drug-likeness (QED) is 0.227. The number of nitrogens with one attached hydrogen (secondary N) is 3. The summed E-state index contributed by atoms with van der Waals surface area (Å²) in [4.78, 5) is 63.1. The summed E-state index contributed by atoms with van der Waals surface area (Å²) in [6, 6.07) is 8.93. The van der Waals surface area contributed by atoms with Crippen LogP contribution in [0, 0.1) is 0 Å². The fourth-order valence-electron chi connectivity index (χ4n) is 4.23.